The zero-order valence-corrected chi connectivity index (χ0v) is 16.3. The van der Waals surface area contributed by atoms with E-state index in [1.54, 1.807) is 35.1 Å². The number of carbonyl (C=O) groups excluding carboxylic acids is 1. The smallest absolute Gasteiger partial charge is 0.258 e. The van der Waals surface area contributed by atoms with Crippen LogP contribution in [0.25, 0.3) is 0 Å². The van der Waals surface area contributed by atoms with Gasteiger partial charge in [-0.25, -0.2) is 4.68 Å². The zero-order valence-electron chi connectivity index (χ0n) is 12.3. The molecule has 24 heavy (non-hydrogen) atoms. The molecule has 0 saturated heterocycles. The summed E-state index contributed by atoms with van der Waals surface area (Å²) >= 11 is 12.9. The first kappa shape index (κ1) is 17.2. The summed E-state index contributed by atoms with van der Waals surface area (Å²) in [5.41, 5.74) is 1.49. The van der Waals surface area contributed by atoms with Gasteiger partial charge in [0.05, 0.1) is 23.3 Å². The molecule has 1 heterocycles. The highest BCUT2D eigenvalue weighted by Gasteiger charge is 2.13. The van der Waals surface area contributed by atoms with Crippen LogP contribution in [0.15, 0.2) is 63.7 Å². The zero-order chi connectivity index (χ0) is 17.1. The number of hydrogen-bond donors (Lipinski definition) is 1. The van der Waals surface area contributed by atoms with Crippen LogP contribution in [0.4, 0.5) is 5.82 Å². The molecule has 0 aliphatic carbocycles. The molecular formula is C17H12Br2ClN3O. The second-order valence-electron chi connectivity index (χ2n) is 5.08. The fourth-order valence-electron chi connectivity index (χ4n) is 2.18. The molecule has 0 bridgehead atoms. The van der Waals surface area contributed by atoms with Crippen LogP contribution in [0.5, 0.6) is 0 Å². The van der Waals surface area contributed by atoms with Gasteiger partial charge in [-0.2, -0.15) is 5.10 Å². The number of nitrogens with zero attached hydrogens (tertiary/aromatic N) is 2. The van der Waals surface area contributed by atoms with Crippen molar-refractivity contribution >= 4 is 55.2 Å². The molecule has 0 fully saturated rings. The Bertz CT molecular complexity index is 878. The lowest BCUT2D eigenvalue weighted by atomic mass is 10.2. The molecule has 0 atom stereocenters. The van der Waals surface area contributed by atoms with Crippen molar-refractivity contribution in [2.45, 2.75) is 6.54 Å². The Balaban J connectivity index is 1.79. The van der Waals surface area contributed by atoms with Crippen LogP contribution < -0.4 is 5.32 Å². The lowest BCUT2D eigenvalue weighted by Gasteiger charge is -2.10. The summed E-state index contributed by atoms with van der Waals surface area (Å²) in [7, 11) is 0. The van der Waals surface area contributed by atoms with Crippen LogP contribution in [-0.2, 0) is 6.54 Å². The Morgan fingerprint density at radius 1 is 1.08 bits per heavy atom. The van der Waals surface area contributed by atoms with Gasteiger partial charge in [0.1, 0.15) is 5.82 Å². The molecule has 1 aromatic heterocycles. The number of hydrogen-bond acceptors (Lipinski definition) is 2. The van der Waals surface area contributed by atoms with E-state index in [1.807, 2.05) is 24.3 Å². The summed E-state index contributed by atoms with van der Waals surface area (Å²) < 4.78 is 3.54. The first-order valence-electron chi connectivity index (χ1n) is 7.05. The summed E-state index contributed by atoms with van der Waals surface area (Å²) in [6.45, 7) is 0.558. The highest BCUT2D eigenvalue weighted by molar-refractivity contribution is 9.10. The van der Waals surface area contributed by atoms with Gasteiger partial charge in [0.25, 0.3) is 5.91 Å². The van der Waals surface area contributed by atoms with E-state index in [0.717, 1.165) is 14.5 Å². The van der Waals surface area contributed by atoms with E-state index in [0.29, 0.717) is 22.9 Å². The van der Waals surface area contributed by atoms with Crippen molar-refractivity contribution in [3.05, 3.63) is 79.8 Å². The maximum atomic E-state index is 12.5. The predicted molar refractivity (Wildman–Crippen MR) is 103 cm³/mol. The molecule has 0 radical (unpaired) electrons. The van der Waals surface area contributed by atoms with E-state index in [2.05, 4.69) is 42.3 Å². The molecule has 0 unspecified atom stereocenters. The maximum Gasteiger partial charge on any atom is 0.258 e. The maximum absolute atomic E-state index is 12.5. The van der Waals surface area contributed by atoms with Gasteiger partial charge in [-0.05, 0) is 35.9 Å². The second kappa shape index (κ2) is 7.51. The fraction of sp³-hybridized carbons (Fsp3) is 0.0588. The average molecular weight is 470 g/mol. The number of anilines is 1. The number of halogens is 3. The molecule has 3 rings (SSSR count). The Labute approximate surface area is 161 Å². The van der Waals surface area contributed by atoms with Crippen LogP contribution in [-0.4, -0.2) is 15.7 Å². The van der Waals surface area contributed by atoms with Gasteiger partial charge in [0.2, 0.25) is 0 Å². The molecule has 2 aromatic carbocycles. The number of rotatable bonds is 4. The van der Waals surface area contributed by atoms with Crippen LogP contribution in [0, 0.1) is 0 Å². The Hall–Kier alpha value is -1.63. The molecule has 0 spiro atoms. The topological polar surface area (TPSA) is 46.9 Å². The summed E-state index contributed by atoms with van der Waals surface area (Å²) in [6, 6.07) is 14.9. The second-order valence-corrected chi connectivity index (χ2v) is 7.32. The summed E-state index contributed by atoms with van der Waals surface area (Å²) in [5, 5.41) is 7.52. The van der Waals surface area contributed by atoms with E-state index < -0.39 is 0 Å². The molecule has 122 valence electrons. The van der Waals surface area contributed by atoms with Gasteiger partial charge in [0.15, 0.2) is 0 Å². The summed E-state index contributed by atoms with van der Waals surface area (Å²) in [4.78, 5) is 12.5. The monoisotopic (exact) mass is 467 g/mol. The SMILES string of the molecule is O=C(Nc1ccnn1Cc1ccc(Br)cc1)c1cc(Br)ccc1Cl. The number of carbonyl (C=O) groups is 1. The van der Waals surface area contributed by atoms with E-state index in [9.17, 15) is 4.79 Å². The van der Waals surface area contributed by atoms with Gasteiger partial charge >= 0.3 is 0 Å². The van der Waals surface area contributed by atoms with Crippen molar-refractivity contribution in [3.63, 3.8) is 0 Å². The van der Waals surface area contributed by atoms with Crippen LogP contribution in [0.2, 0.25) is 5.02 Å². The van der Waals surface area contributed by atoms with E-state index in [1.165, 1.54) is 0 Å². The highest BCUT2D eigenvalue weighted by Crippen LogP contribution is 2.22. The number of aromatic nitrogens is 2. The first-order valence-corrected chi connectivity index (χ1v) is 9.02. The minimum absolute atomic E-state index is 0.279. The fourth-order valence-corrected chi connectivity index (χ4v) is 3.01. The molecule has 0 aliphatic heterocycles. The third-order valence-corrected chi connectivity index (χ3v) is 4.73. The average Bonchev–Trinajstić information content (AvgIpc) is 2.98. The van der Waals surface area contributed by atoms with Crippen LogP contribution in [0.1, 0.15) is 15.9 Å². The molecule has 3 aromatic rings. The molecule has 0 aliphatic rings. The van der Waals surface area contributed by atoms with Gasteiger partial charge in [-0.15, -0.1) is 0 Å². The summed E-state index contributed by atoms with van der Waals surface area (Å²) in [5.74, 6) is 0.331. The third-order valence-electron chi connectivity index (χ3n) is 3.38. The quantitative estimate of drug-likeness (QED) is 0.559. The molecule has 0 saturated carbocycles. The van der Waals surface area contributed by atoms with E-state index in [-0.39, 0.29) is 5.91 Å². The van der Waals surface area contributed by atoms with Gasteiger partial charge in [0, 0.05) is 15.0 Å². The number of amides is 1. The minimum Gasteiger partial charge on any atom is -0.307 e. The largest absolute Gasteiger partial charge is 0.307 e. The normalized spacial score (nSPS) is 10.6. The predicted octanol–water partition coefficient (Wildman–Crippen LogP) is 5.36. The van der Waals surface area contributed by atoms with Gasteiger partial charge < -0.3 is 5.32 Å². The van der Waals surface area contributed by atoms with Crippen molar-refractivity contribution < 1.29 is 4.79 Å². The van der Waals surface area contributed by atoms with E-state index in [4.69, 9.17) is 11.6 Å². The van der Waals surface area contributed by atoms with E-state index >= 15 is 0 Å². The molecule has 7 heteroatoms. The van der Waals surface area contributed by atoms with Crippen molar-refractivity contribution in [1.82, 2.24) is 9.78 Å². The van der Waals surface area contributed by atoms with Crippen molar-refractivity contribution in [3.8, 4) is 0 Å². The molecule has 1 amide bonds. The molecule has 4 nitrogen and oxygen atoms in total. The van der Waals surface area contributed by atoms with Crippen LogP contribution in [0.3, 0.4) is 0 Å². The Morgan fingerprint density at radius 2 is 1.79 bits per heavy atom. The Kier molecular flexibility index (Phi) is 5.38. The van der Waals surface area contributed by atoms with Crippen LogP contribution >= 0.6 is 43.5 Å². The van der Waals surface area contributed by atoms with Crippen molar-refractivity contribution in [2.75, 3.05) is 5.32 Å². The number of benzene rings is 2. The number of nitrogens with one attached hydrogen (secondary N) is 1. The molecule has 1 N–H and O–H groups in total. The lowest BCUT2D eigenvalue weighted by Crippen LogP contribution is -2.16. The third kappa shape index (κ3) is 4.06. The standard InChI is InChI=1S/C17H12Br2ClN3O/c18-12-3-1-11(2-4-12)10-23-16(7-8-21-23)22-17(24)14-9-13(19)5-6-15(14)20/h1-9H,10H2,(H,22,24). The Morgan fingerprint density at radius 3 is 2.54 bits per heavy atom. The van der Waals surface area contributed by atoms with Gasteiger partial charge in [-0.3, -0.25) is 4.79 Å². The van der Waals surface area contributed by atoms with Crippen molar-refractivity contribution in [2.24, 2.45) is 0 Å². The lowest BCUT2D eigenvalue weighted by molar-refractivity contribution is 0.102. The molecular weight excluding hydrogens is 457 g/mol. The van der Waals surface area contributed by atoms with Gasteiger partial charge in [-0.1, -0.05) is 55.6 Å². The van der Waals surface area contributed by atoms with Crippen molar-refractivity contribution in [1.29, 1.82) is 0 Å². The minimum atomic E-state index is -0.279. The highest BCUT2D eigenvalue weighted by atomic mass is 79.9. The first-order chi connectivity index (χ1) is 11.5. The summed E-state index contributed by atoms with van der Waals surface area (Å²) in [6.07, 6.45) is 1.65.